The molecule has 1 N–H and O–H groups in total. The van der Waals surface area contributed by atoms with Gasteiger partial charge in [0.1, 0.15) is 0 Å². The van der Waals surface area contributed by atoms with E-state index in [4.69, 9.17) is 0 Å². The van der Waals surface area contributed by atoms with Gasteiger partial charge in [0.25, 0.3) is 0 Å². The van der Waals surface area contributed by atoms with Crippen LogP contribution in [0, 0.1) is 0 Å². The molecule has 1 aromatic rings. The van der Waals surface area contributed by atoms with Crippen molar-refractivity contribution in [3.8, 4) is 0 Å². The van der Waals surface area contributed by atoms with Crippen molar-refractivity contribution in [2.75, 3.05) is 6.54 Å². The molecule has 0 saturated carbocycles. The van der Waals surface area contributed by atoms with Crippen molar-refractivity contribution in [2.45, 2.75) is 78.3 Å². The van der Waals surface area contributed by atoms with E-state index in [1.807, 2.05) is 0 Å². The van der Waals surface area contributed by atoms with Gasteiger partial charge in [0.05, 0.1) is 5.69 Å². The quantitative estimate of drug-likeness (QED) is 0.694. The molecule has 1 heterocycles. The average Bonchev–Trinajstić information content (AvgIpc) is 2.90. The van der Waals surface area contributed by atoms with Crippen LogP contribution in [0.25, 0.3) is 0 Å². The number of nitrogens with one attached hydrogen (secondary N) is 1. The first-order chi connectivity index (χ1) is 9.21. The molecule has 2 unspecified atom stereocenters. The molecule has 0 fully saturated rings. The first kappa shape index (κ1) is 16.2. The van der Waals surface area contributed by atoms with Crippen molar-refractivity contribution in [3.05, 3.63) is 18.0 Å². The van der Waals surface area contributed by atoms with Gasteiger partial charge in [-0.25, -0.2) is 0 Å². The van der Waals surface area contributed by atoms with Crippen molar-refractivity contribution in [2.24, 2.45) is 0 Å². The zero-order valence-corrected chi connectivity index (χ0v) is 13.2. The van der Waals surface area contributed by atoms with Crippen LogP contribution >= 0.6 is 0 Å². The summed E-state index contributed by atoms with van der Waals surface area (Å²) in [6.45, 7) is 10.1. The van der Waals surface area contributed by atoms with Crippen LogP contribution < -0.4 is 5.32 Å². The van der Waals surface area contributed by atoms with E-state index in [9.17, 15) is 0 Å². The molecule has 0 aliphatic rings. The minimum Gasteiger partial charge on any atom is -0.314 e. The lowest BCUT2D eigenvalue weighted by molar-refractivity contribution is 0.449. The van der Waals surface area contributed by atoms with Crippen LogP contribution in [-0.2, 0) is 6.42 Å². The summed E-state index contributed by atoms with van der Waals surface area (Å²) >= 11 is 0. The molecule has 0 aliphatic carbocycles. The summed E-state index contributed by atoms with van der Waals surface area (Å²) in [5.74, 6) is 0. The highest BCUT2D eigenvalue weighted by Crippen LogP contribution is 2.11. The van der Waals surface area contributed by atoms with Crippen LogP contribution in [0.5, 0.6) is 0 Å². The molecule has 0 bridgehead atoms. The van der Waals surface area contributed by atoms with Gasteiger partial charge in [-0.05, 0) is 58.1 Å². The Hall–Kier alpha value is -0.830. The number of hydrogen-bond acceptors (Lipinski definition) is 2. The Balaban J connectivity index is 2.30. The van der Waals surface area contributed by atoms with Crippen LogP contribution in [-0.4, -0.2) is 22.4 Å². The van der Waals surface area contributed by atoms with Crippen molar-refractivity contribution in [3.63, 3.8) is 0 Å². The monoisotopic (exact) mass is 265 g/mol. The number of hydrogen-bond donors (Lipinski definition) is 1. The summed E-state index contributed by atoms with van der Waals surface area (Å²) in [4.78, 5) is 0. The largest absolute Gasteiger partial charge is 0.314 e. The Labute approximate surface area is 118 Å². The average molecular weight is 265 g/mol. The van der Waals surface area contributed by atoms with Crippen molar-refractivity contribution in [1.82, 2.24) is 15.1 Å². The van der Waals surface area contributed by atoms with E-state index in [1.165, 1.54) is 31.4 Å². The van der Waals surface area contributed by atoms with Crippen LogP contribution in [0.3, 0.4) is 0 Å². The molecule has 1 rings (SSSR count). The molecule has 3 heteroatoms. The Morgan fingerprint density at radius 2 is 2.05 bits per heavy atom. The normalized spacial score (nSPS) is 14.5. The summed E-state index contributed by atoms with van der Waals surface area (Å²) in [7, 11) is 0. The van der Waals surface area contributed by atoms with E-state index in [0.717, 1.165) is 19.4 Å². The Morgan fingerprint density at radius 3 is 2.68 bits per heavy atom. The zero-order chi connectivity index (χ0) is 14.1. The first-order valence-corrected chi connectivity index (χ1v) is 7.98. The molecule has 0 aromatic carbocycles. The third-order valence-electron chi connectivity index (χ3n) is 3.87. The first-order valence-electron chi connectivity index (χ1n) is 7.98. The minimum absolute atomic E-state index is 0.517. The van der Waals surface area contributed by atoms with Gasteiger partial charge >= 0.3 is 0 Å². The highest BCUT2D eigenvalue weighted by atomic mass is 15.3. The van der Waals surface area contributed by atoms with Gasteiger partial charge in [-0.1, -0.05) is 20.8 Å². The maximum Gasteiger partial charge on any atom is 0.0624 e. The van der Waals surface area contributed by atoms with Gasteiger partial charge in [-0.15, -0.1) is 0 Å². The molecule has 2 atom stereocenters. The molecule has 1 aromatic heterocycles. The fourth-order valence-electron chi connectivity index (χ4n) is 2.27. The zero-order valence-electron chi connectivity index (χ0n) is 13.2. The van der Waals surface area contributed by atoms with Crippen molar-refractivity contribution in [1.29, 1.82) is 0 Å². The van der Waals surface area contributed by atoms with E-state index in [0.29, 0.717) is 12.1 Å². The smallest absolute Gasteiger partial charge is 0.0624 e. The molecular formula is C16H31N3. The maximum atomic E-state index is 4.66. The van der Waals surface area contributed by atoms with E-state index < -0.39 is 0 Å². The number of nitrogens with zero attached hydrogens (tertiary/aromatic N) is 2. The lowest BCUT2D eigenvalue weighted by Gasteiger charge is -2.15. The molecule has 110 valence electrons. The highest BCUT2D eigenvalue weighted by Gasteiger charge is 2.07. The van der Waals surface area contributed by atoms with Gasteiger partial charge < -0.3 is 5.32 Å². The van der Waals surface area contributed by atoms with Gasteiger partial charge in [0.2, 0.25) is 0 Å². The van der Waals surface area contributed by atoms with Gasteiger partial charge in [0.15, 0.2) is 0 Å². The van der Waals surface area contributed by atoms with Gasteiger partial charge in [-0.2, -0.15) is 5.10 Å². The lowest BCUT2D eigenvalue weighted by atomic mass is 10.1. The van der Waals surface area contributed by atoms with Crippen LogP contribution in [0.4, 0.5) is 0 Å². The standard InChI is InChI=1S/C16H31N3/c1-5-12-17-15(7-3)9-8-10-16-11-13-19(18-16)14(4)6-2/h11,13-15,17H,5-10,12H2,1-4H3. The fourth-order valence-corrected chi connectivity index (χ4v) is 2.27. The third kappa shape index (κ3) is 5.77. The number of rotatable bonds is 10. The summed E-state index contributed by atoms with van der Waals surface area (Å²) in [5, 5.41) is 8.27. The van der Waals surface area contributed by atoms with E-state index >= 15 is 0 Å². The molecule has 3 nitrogen and oxygen atoms in total. The van der Waals surface area contributed by atoms with E-state index in [1.54, 1.807) is 0 Å². The molecule has 0 spiro atoms. The Bertz CT molecular complexity index is 332. The molecule has 0 radical (unpaired) electrons. The van der Waals surface area contributed by atoms with Crippen molar-refractivity contribution >= 4 is 0 Å². The second kappa shape index (κ2) is 9.13. The highest BCUT2D eigenvalue weighted by molar-refractivity contribution is 4.99. The third-order valence-corrected chi connectivity index (χ3v) is 3.87. The Morgan fingerprint density at radius 1 is 1.26 bits per heavy atom. The SMILES string of the molecule is CCCNC(CC)CCCc1ccn(C(C)CC)n1. The Kier molecular flexibility index (Phi) is 7.80. The van der Waals surface area contributed by atoms with Crippen LogP contribution in [0.1, 0.15) is 71.5 Å². The minimum atomic E-state index is 0.517. The van der Waals surface area contributed by atoms with Gasteiger partial charge in [-0.3, -0.25) is 4.68 Å². The van der Waals surface area contributed by atoms with E-state index in [-0.39, 0.29) is 0 Å². The molecule has 19 heavy (non-hydrogen) atoms. The molecular weight excluding hydrogens is 234 g/mol. The van der Waals surface area contributed by atoms with Gasteiger partial charge in [0, 0.05) is 18.3 Å². The summed E-state index contributed by atoms with van der Waals surface area (Å²) < 4.78 is 2.10. The fraction of sp³-hybridized carbons (Fsp3) is 0.812. The second-order valence-corrected chi connectivity index (χ2v) is 5.50. The summed E-state index contributed by atoms with van der Waals surface area (Å²) in [6.07, 6.45) is 9.29. The topological polar surface area (TPSA) is 29.9 Å². The predicted molar refractivity (Wildman–Crippen MR) is 82.5 cm³/mol. The second-order valence-electron chi connectivity index (χ2n) is 5.50. The summed E-state index contributed by atoms with van der Waals surface area (Å²) in [5.41, 5.74) is 1.24. The molecule has 0 saturated heterocycles. The predicted octanol–water partition coefficient (Wildman–Crippen LogP) is 3.96. The van der Waals surface area contributed by atoms with Crippen molar-refractivity contribution < 1.29 is 0 Å². The number of aryl methyl sites for hydroxylation is 1. The van der Waals surface area contributed by atoms with Crippen LogP contribution in [0.2, 0.25) is 0 Å². The number of aromatic nitrogens is 2. The maximum absolute atomic E-state index is 4.66. The molecule has 0 aliphatic heterocycles. The van der Waals surface area contributed by atoms with Crippen LogP contribution in [0.15, 0.2) is 12.3 Å². The van der Waals surface area contributed by atoms with E-state index in [2.05, 4.69) is 55.1 Å². The molecule has 0 amide bonds. The lowest BCUT2D eigenvalue weighted by Crippen LogP contribution is -2.29. The summed E-state index contributed by atoms with van der Waals surface area (Å²) in [6, 6.07) is 3.37.